The first kappa shape index (κ1) is 12.9. The van der Waals surface area contributed by atoms with E-state index in [-0.39, 0.29) is 22.3 Å². The van der Waals surface area contributed by atoms with Gasteiger partial charge in [0.15, 0.2) is 0 Å². The predicted octanol–water partition coefficient (Wildman–Crippen LogP) is 0.365. The molecule has 16 heavy (non-hydrogen) atoms. The van der Waals surface area contributed by atoms with Crippen molar-refractivity contribution in [3.8, 4) is 0 Å². The number of amides is 1. The molecule has 1 aromatic rings. The minimum atomic E-state index is -0.444. The van der Waals surface area contributed by atoms with E-state index in [9.17, 15) is 9.59 Å². The molecule has 0 aliphatic heterocycles. The molecule has 7 heteroatoms. The largest absolute Gasteiger partial charge is 0.393 e. The van der Waals surface area contributed by atoms with Crippen LogP contribution in [-0.4, -0.2) is 15.9 Å². The Morgan fingerprint density at radius 3 is 2.88 bits per heavy atom. The van der Waals surface area contributed by atoms with Crippen molar-refractivity contribution < 1.29 is 4.79 Å². The number of rotatable bonds is 5. The molecule has 5 nitrogen and oxygen atoms in total. The molecule has 0 saturated carbocycles. The van der Waals surface area contributed by atoms with Crippen LogP contribution < -0.4 is 15.9 Å². The van der Waals surface area contributed by atoms with Crippen molar-refractivity contribution in [1.82, 2.24) is 10.3 Å². The predicted molar refractivity (Wildman–Crippen MR) is 67.4 cm³/mol. The number of carbonyl (C=O) groups is 1. The van der Waals surface area contributed by atoms with Gasteiger partial charge in [0.2, 0.25) is 5.91 Å². The lowest BCUT2D eigenvalue weighted by Crippen LogP contribution is -2.37. The molecule has 1 rings (SSSR count). The minimum Gasteiger partial charge on any atom is -0.393 e. The van der Waals surface area contributed by atoms with Crippen molar-refractivity contribution in [2.75, 3.05) is 0 Å². The maximum Gasteiger partial charge on any atom is 0.304 e. The van der Waals surface area contributed by atoms with Crippen molar-refractivity contribution in [2.24, 2.45) is 11.7 Å². The van der Waals surface area contributed by atoms with Crippen LogP contribution in [-0.2, 0) is 11.3 Å². The van der Waals surface area contributed by atoms with E-state index in [0.29, 0.717) is 12.1 Å². The molecular formula is C9H13N3O2S2. The first-order valence-electron chi connectivity index (χ1n) is 4.78. The van der Waals surface area contributed by atoms with Crippen molar-refractivity contribution in [3.63, 3.8) is 0 Å². The summed E-state index contributed by atoms with van der Waals surface area (Å²) in [6.07, 6.45) is 0.571. The lowest BCUT2D eigenvalue weighted by molar-refractivity contribution is -0.123. The molecule has 88 valence electrons. The number of aromatic nitrogens is 1. The topological polar surface area (TPSA) is 88.0 Å². The summed E-state index contributed by atoms with van der Waals surface area (Å²) in [5.74, 6) is -0.651. The van der Waals surface area contributed by atoms with Gasteiger partial charge in [0.1, 0.15) is 0 Å². The highest BCUT2D eigenvalue weighted by atomic mass is 32.1. The van der Waals surface area contributed by atoms with Gasteiger partial charge in [0.05, 0.1) is 17.5 Å². The maximum absolute atomic E-state index is 11.6. The Labute approximate surface area is 102 Å². The molecule has 0 aliphatic rings. The van der Waals surface area contributed by atoms with Crippen molar-refractivity contribution in [1.29, 1.82) is 0 Å². The Morgan fingerprint density at radius 2 is 2.44 bits per heavy atom. The smallest absolute Gasteiger partial charge is 0.304 e. The molecule has 0 spiro atoms. The summed E-state index contributed by atoms with van der Waals surface area (Å²) in [4.78, 5) is 25.1. The highest BCUT2D eigenvalue weighted by molar-refractivity contribution is 7.80. The van der Waals surface area contributed by atoms with E-state index in [1.54, 1.807) is 5.38 Å². The Morgan fingerprint density at radius 1 is 1.75 bits per heavy atom. The van der Waals surface area contributed by atoms with Crippen LogP contribution in [0, 0.1) is 5.92 Å². The molecule has 0 aliphatic carbocycles. The molecule has 1 unspecified atom stereocenters. The summed E-state index contributed by atoms with van der Waals surface area (Å²) in [7, 11) is 0. The zero-order chi connectivity index (χ0) is 12.1. The summed E-state index contributed by atoms with van der Waals surface area (Å²) in [5.41, 5.74) is 6.12. The van der Waals surface area contributed by atoms with E-state index in [1.165, 1.54) is 0 Å². The average molecular weight is 259 g/mol. The second-order valence-corrected chi connectivity index (χ2v) is 4.57. The molecule has 0 saturated heterocycles. The van der Waals surface area contributed by atoms with Gasteiger partial charge in [-0.3, -0.25) is 9.59 Å². The van der Waals surface area contributed by atoms with Crippen LogP contribution in [0.5, 0.6) is 0 Å². The molecule has 1 aromatic heterocycles. The fraction of sp³-hybridized carbons (Fsp3) is 0.444. The standard InChI is InChI=1S/C9H13N3O2S2/c1-2-6(7(10)15)8(13)11-3-5-4-16-9(14)12-5/h4,6H,2-3H2,1H3,(H2,10,15)(H,11,13)(H,12,14). The quantitative estimate of drug-likeness (QED) is 0.666. The number of carbonyl (C=O) groups excluding carboxylic acids is 1. The summed E-state index contributed by atoms with van der Waals surface area (Å²) >= 11 is 5.85. The number of thiazole rings is 1. The van der Waals surface area contributed by atoms with E-state index >= 15 is 0 Å². The second kappa shape index (κ2) is 5.76. The van der Waals surface area contributed by atoms with Gasteiger partial charge in [0, 0.05) is 11.1 Å². The number of H-pyrrole nitrogens is 1. The first-order valence-corrected chi connectivity index (χ1v) is 6.07. The minimum absolute atomic E-state index is 0.134. The average Bonchev–Trinajstić information content (AvgIpc) is 2.62. The molecule has 4 N–H and O–H groups in total. The van der Waals surface area contributed by atoms with Crippen LogP contribution in [0.3, 0.4) is 0 Å². The molecule has 1 atom stereocenters. The van der Waals surface area contributed by atoms with Gasteiger partial charge in [-0.05, 0) is 6.42 Å². The summed E-state index contributed by atoms with van der Waals surface area (Å²) in [6.45, 7) is 2.13. The third-order valence-electron chi connectivity index (χ3n) is 2.09. The Hall–Kier alpha value is -1.21. The lowest BCUT2D eigenvalue weighted by Gasteiger charge is -2.12. The number of hydrogen-bond acceptors (Lipinski definition) is 4. The van der Waals surface area contributed by atoms with Gasteiger partial charge < -0.3 is 16.0 Å². The molecule has 1 amide bonds. The maximum atomic E-state index is 11.6. The summed E-state index contributed by atoms with van der Waals surface area (Å²) in [5, 5.41) is 4.35. The number of thiocarbonyl (C=S) groups is 1. The van der Waals surface area contributed by atoms with Crippen molar-refractivity contribution in [2.45, 2.75) is 19.9 Å². The van der Waals surface area contributed by atoms with Gasteiger partial charge in [-0.2, -0.15) is 0 Å². The fourth-order valence-electron chi connectivity index (χ4n) is 1.22. The van der Waals surface area contributed by atoms with E-state index < -0.39 is 5.92 Å². The van der Waals surface area contributed by atoms with E-state index in [0.717, 1.165) is 11.3 Å². The number of nitrogens with two attached hydrogens (primary N) is 1. The normalized spacial score (nSPS) is 12.1. The van der Waals surface area contributed by atoms with Crippen molar-refractivity contribution in [3.05, 3.63) is 20.7 Å². The molecule has 0 radical (unpaired) electrons. The summed E-state index contributed by atoms with van der Waals surface area (Å²) in [6, 6.07) is 0. The molecule has 1 heterocycles. The van der Waals surface area contributed by atoms with Gasteiger partial charge in [0.25, 0.3) is 0 Å². The molecule has 0 aromatic carbocycles. The summed E-state index contributed by atoms with van der Waals surface area (Å²) < 4.78 is 0. The number of aromatic amines is 1. The van der Waals surface area contributed by atoms with Crippen LogP contribution in [0.2, 0.25) is 0 Å². The second-order valence-electron chi connectivity index (χ2n) is 3.25. The van der Waals surface area contributed by atoms with E-state index in [4.69, 9.17) is 18.0 Å². The van der Waals surface area contributed by atoms with Gasteiger partial charge >= 0.3 is 4.87 Å². The molecular weight excluding hydrogens is 246 g/mol. The van der Waals surface area contributed by atoms with Crippen LogP contribution >= 0.6 is 23.6 Å². The molecule has 0 fully saturated rings. The zero-order valence-corrected chi connectivity index (χ0v) is 10.4. The third-order valence-corrected chi connectivity index (χ3v) is 3.10. The number of nitrogens with one attached hydrogen (secondary N) is 2. The van der Waals surface area contributed by atoms with Crippen molar-refractivity contribution >= 4 is 34.5 Å². The van der Waals surface area contributed by atoms with Gasteiger partial charge in [-0.15, -0.1) is 0 Å². The fourth-order valence-corrected chi connectivity index (χ4v) is 2.08. The van der Waals surface area contributed by atoms with Crippen LogP contribution in [0.25, 0.3) is 0 Å². The zero-order valence-electron chi connectivity index (χ0n) is 8.78. The SMILES string of the molecule is CCC(C(=O)NCc1csc(=O)[nH]1)C(N)=S. The third kappa shape index (κ3) is 3.42. The van der Waals surface area contributed by atoms with Gasteiger partial charge in [-0.1, -0.05) is 30.5 Å². The lowest BCUT2D eigenvalue weighted by atomic mass is 10.1. The number of hydrogen-bond donors (Lipinski definition) is 3. The Balaban J connectivity index is 2.52. The van der Waals surface area contributed by atoms with Crippen LogP contribution in [0.1, 0.15) is 19.0 Å². The highest BCUT2D eigenvalue weighted by Gasteiger charge is 2.18. The van der Waals surface area contributed by atoms with Crippen LogP contribution in [0.15, 0.2) is 10.2 Å². The highest BCUT2D eigenvalue weighted by Crippen LogP contribution is 2.03. The van der Waals surface area contributed by atoms with Crippen LogP contribution in [0.4, 0.5) is 0 Å². The Kier molecular flexibility index (Phi) is 4.63. The van der Waals surface area contributed by atoms with E-state index in [2.05, 4.69) is 10.3 Å². The van der Waals surface area contributed by atoms with Gasteiger partial charge in [-0.25, -0.2) is 0 Å². The molecule has 0 bridgehead atoms. The first-order chi connectivity index (χ1) is 7.54. The monoisotopic (exact) mass is 259 g/mol. The van der Waals surface area contributed by atoms with E-state index in [1.807, 2.05) is 6.92 Å². The Bertz CT molecular complexity index is 438.